The molecule has 0 aromatic carbocycles. The van der Waals surface area contributed by atoms with Gasteiger partial charge < -0.3 is 11.1 Å². The first-order chi connectivity index (χ1) is 10.1. The van der Waals surface area contributed by atoms with Gasteiger partial charge in [0.15, 0.2) is 0 Å². The second-order valence-electron chi connectivity index (χ2n) is 5.35. The van der Waals surface area contributed by atoms with E-state index in [1.807, 2.05) is 13.0 Å². The van der Waals surface area contributed by atoms with Gasteiger partial charge in [-0.3, -0.25) is 4.79 Å². The summed E-state index contributed by atoms with van der Waals surface area (Å²) in [6.45, 7) is 6.59. The molecule has 1 atom stereocenters. The number of nitrogens with one attached hydrogen (secondary N) is 1. The minimum atomic E-state index is 0.00638. The molecule has 0 aliphatic carbocycles. The molecule has 116 valence electrons. The zero-order valence-corrected chi connectivity index (χ0v) is 14.1. The summed E-state index contributed by atoms with van der Waals surface area (Å²) >= 11 is 1.44. The minimum Gasteiger partial charge on any atom is -0.349 e. The van der Waals surface area contributed by atoms with Crippen molar-refractivity contribution < 1.29 is 4.79 Å². The maximum Gasteiger partial charge on any atom is 0.261 e. The van der Waals surface area contributed by atoms with Gasteiger partial charge in [0.25, 0.3) is 5.91 Å². The van der Waals surface area contributed by atoms with E-state index in [-0.39, 0.29) is 11.9 Å². The predicted octanol–water partition coefficient (Wildman–Crippen LogP) is 3.46. The molecule has 1 heterocycles. The summed E-state index contributed by atoms with van der Waals surface area (Å²) in [7, 11) is 0. The molecule has 21 heavy (non-hydrogen) atoms. The Bertz CT molecular complexity index is 511. The number of nitrogens with two attached hydrogens (primary N) is 1. The highest BCUT2D eigenvalue weighted by Crippen LogP contribution is 2.21. The van der Waals surface area contributed by atoms with Crippen molar-refractivity contribution in [3.05, 3.63) is 21.4 Å². The van der Waals surface area contributed by atoms with Gasteiger partial charge in [-0.15, -0.1) is 11.3 Å². The SMILES string of the molecule is CCCCCCC(C)NC(=O)c1cc(C)c(C#CCN)s1. The quantitative estimate of drug-likeness (QED) is 0.599. The van der Waals surface area contributed by atoms with Crippen LogP contribution in [-0.2, 0) is 0 Å². The molecule has 1 amide bonds. The summed E-state index contributed by atoms with van der Waals surface area (Å²) in [4.78, 5) is 13.9. The predicted molar refractivity (Wildman–Crippen MR) is 90.7 cm³/mol. The number of hydrogen-bond acceptors (Lipinski definition) is 3. The molecule has 0 bridgehead atoms. The van der Waals surface area contributed by atoms with Crippen LogP contribution < -0.4 is 11.1 Å². The van der Waals surface area contributed by atoms with Gasteiger partial charge in [0.05, 0.1) is 16.3 Å². The topological polar surface area (TPSA) is 55.1 Å². The Hall–Kier alpha value is -1.31. The second-order valence-corrected chi connectivity index (χ2v) is 6.40. The summed E-state index contributed by atoms with van der Waals surface area (Å²) < 4.78 is 0. The molecule has 3 N–H and O–H groups in total. The fraction of sp³-hybridized carbons (Fsp3) is 0.588. The van der Waals surface area contributed by atoms with Gasteiger partial charge in [0.1, 0.15) is 0 Å². The van der Waals surface area contributed by atoms with E-state index < -0.39 is 0 Å². The van der Waals surface area contributed by atoms with Crippen molar-refractivity contribution in [3.63, 3.8) is 0 Å². The molecule has 0 spiro atoms. The summed E-state index contributed by atoms with van der Waals surface area (Å²) in [6.07, 6.45) is 5.96. The molecule has 0 aliphatic rings. The van der Waals surface area contributed by atoms with E-state index >= 15 is 0 Å². The van der Waals surface area contributed by atoms with Gasteiger partial charge in [-0.1, -0.05) is 44.4 Å². The van der Waals surface area contributed by atoms with Crippen LogP contribution in [-0.4, -0.2) is 18.5 Å². The minimum absolute atomic E-state index is 0.00638. The molecule has 0 aliphatic heterocycles. The molecule has 0 fully saturated rings. The number of rotatable bonds is 7. The van der Waals surface area contributed by atoms with E-state index in [0.29, 0.717) is 6.54 Å². The highest BCUT2D eigenvalue weighted by Gasteiger charge is 2.13. The highest BCUT2D eigenvalue weighted by molar-refractivity contribution is 7.14. The Morgan fingerprint density at radius 1 is 1.43 bits per heavy atom. The first-order valence-corrected chi connectivity index (χ1v) is 8.50. The lowest BCUT2D eigenvalue weighted by Crippen LogP contribution is -2.31. The number of carbonyl (C=O) groups is 1. The van der Waals surface area contributed by atoms with Crippen molar-refractivity contribution in [3.8, 4) is 11.8 Å². The van der Waals surface area contributed by atoms with Gasteiger partial charge in [0, 0.05) is 6.04 Å². The monoisotopic (exact) mass is 306 g/mol. The number of hydrogen-bond donors (Lipinski definition) is 2. The first-order valence-electron chi connectivity index (χ1n) is 7.68. The smallest absolute Gasteiger partial charge is 0.261 e. The third-order valence-corrected chi connectivity index (χ3v) is 4.47. The fourth-order valence-corrected chi connectivity index (χ4v) is 3.04. The lowest BCUT2D eigenvalue weighted by atomic mass is 10.1. The van der Waals surface area contributed by atoms with Gasteiger partial charge >= 0.3 is 0 Å². The van der Waals surface area contributed by atoms with E-state index in [4.69, 9.17) is 5.73 Å². The van der Waals surface area contributed by atoms with Crippen LogP contribution in [0.2, 0.25) is 0 Å². The zero-order chi connectivity index (χ0) is 15.7. The third-order valence-electron chi connectivity index (χ3n) is 3.31. The molecule has 3 nitrogen and oxygen atoms in total. The third kappa shape index (κ3) is 6.33. The molecular weight excluding hydrogens is 280 g/mol. The highest BCUT2D eigenvalue weighted by atomic mass is 32.1. The maximum atomic E-state index is 12.2. The van der Waals surface area contributed by atoms with E-state index in [1.165, 1.54) is 37.0 Å². The average molecular weight is 306 g/mol. The molecular formula is C17H26N2OS. The number of unbranched alkanes of at least 4 members (excludes halogenated alkanes) is 3. The van der Waals surface area contributed by atoms with E-state index in [9.17, 15) is 4.79 Å². The van der Waals surface area contributed by atoms with Crippen molar-refractivity contribution in [1.29, 1.82) is 0 Å². The van der Waals surface area contributed by atoms with Crippen LogP contribution in [0.25, 0.3) is 0 Å². The van der Waals surface area contributed by atoms with Gasteiger partial charge in [-0.25, -0.2) is 0 Å². The molecule has 1 rings (SSSR count). The fourth-order valence-electron chi connectivity index (χ4n) is 2.09. The maximum absolute atomic E-state index is 12.2. The van der Waals surface area contributed by atoms with E-state index in [2.05, 4.69) is 31.0 Å². The van der Waals surface area contributed by atoms with Crippen LogP contribution in [0.3, 0.4) is 0 Å². The molecule has 4 heteroatoms. The van der Waals surface area contributed by atoms with Crippen molar-refractivity contribution in [2.45, 2.75) is 58.9 Å². The Kier molecular flexibility index (Phi) is 8.11. The molecule has 0 radical (unpaired) electrons. The summed E-state index contributed by atoms with van der Waals surface area (Å²) in [5.74, 6) is 5.85. The van der Waals surface area contributed by atoms with Crippen LogP contribution in [0.15, 0.2) is 6.07 Å². The normalized spacial score (nSPS) is 11.6. The Labute approximate surface area is 132 Å². The van der Waals surface area contributed by atoms with Crippen molar-refractivity contribution >= 4 is 17.2 Å². The molecule has 1 aromatic heterocycles. The Morgan fingerprint density at radius 3 is 2.86 bits per heavy atom. The number of carbonyl (C=O) groups excluding carboxylic acids is 1. The zero-order valence-electron chi connectivity index (χ0n) is 13.3. The summed E-state index contributed by atoms with van der Waals surface area (Å²) in [5, 5.41) is 3.07. The Balaban J connectivity index is 2.51. The van der Waals surface area contributed by atoms with E-state index in [0.717, 1.165) is 21.7 Å². The lowest BCUT2D eigenvalue weighted by molar-refractivity contribution is 0.0942. The number of amides is 1. The lowest BCUT2D eigenvalue weighted by Gasteiger charge is -2.12. The molecule has 1 aromatic rings. The van der Waals surface area contributed by atoms with Crippen LogP contribution >= 0.6 is 11.3 Å². The first kappa shape index (κ1) is 17.7. The van der Waals surface area contributed by atoms with Crippen LogP contribution in [0.4, 0.5) is 0 Å². The van der Waals surface area contributed by atoms with E-state index in [1.54, 1.807) is 0 Å². The number of aryl methyl sites for hydroxylation is 1. The van der Waals surface area contributed by atoms with Crippen molar-refractivity contribution in [2.75, 3.05) is 6.54 Å². The average Bonchev–Trinajstić information content (AvgIpc) is 2.83. The Morgan fingerprint density at radius 2 is 2.19 bits per heavy atom. The number of thiophene rings is 1. The van der Waals surface area contributed by atoms with Crippen molar-refractivity contribution in [1.82, 2.24) is 5.32 Å². The van der Waals surface area contributed by atoms with Crippen LogP contribution in [0.5, 0.6) is 0 Å². The molecule has 0 saturated carbocycles. The standard InChI is InChI=1S/C17H26N2OS/c1-4-5-6-7-9-14(3)19-17(20)16-12-13(2)15(21-16)10-8-11-18/h12,14H,4-7,9,11,18H2,1-3H3,(H,19,20). The van der Waals surface area contributed by atoms with Crippen molar-refractivity contribution in [2.24, 2.45) is 5.73 Å². The molecule has 0 saturated heterocycles. The van der Waals surface area contributed by atoms with Crippen LogP contribution in [0, 0.1) is 18.8 Å². The largest absolute Gasteiger partial charge is 0.349 e. The molecule has 1 unspecified atom stereocenters. The summed E-state index contributed by atoms with van der Waals surface area (Å²) in [5.41, 5.74) is 6.42. The second kappa shape index (κ2) is 9.59. The summed E-state index contributed by atoms with van der Waals surface area (Å²) in [6, 6.07) is 2.12. The van der Waals surface area contributed by atoms with Gasteiger partial charge in [-0.2, -0.15) is 0 Å². The van der Waals surface area contributed by atoms with Crippen LogP contribution in [0.1, 0.15) is 66.1 Å². The van der Waals surface area contributed by atoms with Gasteiger partial charge in [0.2, 0.25) is 0 Å². The van der Waals surface area contributed by atoms with Gasteiger partial charge in [-0.05, 0) is 31.9 Å².